The molecule has 0 radical (unpaired) electrons. The van der Waals surface area contributed by atoms with Gasteiger partial charge in [-0.25, -0.2) is 9.37 Å². The van der Waals surface area contributed by atoms with Crippen molar-refractivity contribution in [1.29, 1.82) is 0 Å². The van der Waals surface area contributed by atoms with E-state index in [1.54, 1.807) is 18.3 Å². The number of nitrogen functional groups attached to an aromatic ring is 1. The summed E-state index contributed by atoms with van der Waals surface area (Å²) in [5.41, 5.74) is 5.49. The Kier molecular flexibility index (Phi) is 3.40. The van der Waals surface area contributed by atoms with E-state index in [4.69, 9.17) is 10.5 Å². The highest BCUT2D eigenvalue weighted by atomic mass is 79.9. The molecule has 0 aliphatic carbocycles. The molecular weight excluding hydrogens is 295 g/mol. The van der Waals surface area contributed by atoms with E-state index in [0.717, 1.165) is 4.88 Å². The largest absolute Gasteiger partial charge is 0.488 e. The van der Waals surface area contributed by atoms with E-state index in [2.05, 4.69) is 20.9 Å². The SMILES string of the molecule is Nc1ncc(COc2ccc(F)c(Br)c2)s1. The van der Waals surface area contributed by atoms with Gasteiger partial charge >= 0.3 is 0 Å². The van der Waals surface area contributed by atoms with Crippen LogP contribution >= 0.6 is 27.3 Å². The number of hydrogen-bond acceptors (Lipinski definition) is 4. The zero-order valence-electron chi connectivity index (χ0n) is 8.11. The molecule has 0 aliphatic rings. The van der Waals surface area contributed by atoms with Crippen LogP contribution in [0.25, 0.3) is 0 Å². The van der Waals surface area contributed by atoms with Crippen LogP contribution in [0.5, 0.6) is 5.75 Å². The van der Waals surface area contributed by atoms with Gasteiger partial charge in [0, 0.05) is 6.20 Å². The Morgan fingerprint density at radius 3 is 2.94 bits per heavy atom. The molecule has 1 aromatic carbocycles. The zero-order valence-corrected chi connectivity index (χ0v) is 10.5. The molecule has 0 saturated carbocycles. The fraction of sp³-hybridized carbons (Fsp3) is 0.100. The predicted octanol–water partition coefficient (Wildman–Crippen LogP) is 3.21. The summed E-state index contributed by atoms with van der Waals surface area (Å²) >= 11 is 4.46. The van der Waals surface area contributed by atoms with Crippen molar-refractivity contribution in [2.24, 2.45) is 0 Å². The van der Waals surface area contributed by atoms with E-state index in [9.17, 15) is 4.39 Å². The minimum Gasteiger partial charge on any atom is -0.488 e. The summed E-state index contributed by atoms with van der Waals surface area (Å²) in [6.45, 7) is 0.382. The molecule has 2 aromatic rings. The Labute approximate surface area is 104 Å². The molecule has 16 heavy (non-hydrogen) atoms. The molecule has 0 atom stereocenters. The summed E-state index contributed by atoms with van der Waals surface area (Å²) in [6.07, 6.45) is 1.67. The zero-order chi connectivity index (χ0) is 11.5. The Hall–Kier alpha value is -1.14. The first-order valence-electron chi connectivity index (χ1n) is 4.43. The molecule has 6 heteroatoms. The number of halogens is 2. The van der Waals surface area contributed by atoms with E-state index in [0.29, 0.717) is 22.0 Å². The molecule has 3 nitrogen and oxygen atoms in total. The van der Waals surface area contributed by atoms with Crippen molar-refractivity contribution in [1.82, 2.24) is 4.98 Å². The Balaban J connectivity index is 2.02. The highest BCUT2D eigenvalue weighted by Gasteiger charge is 2.03. The molecule has 1 aromatic heterocycles. The maximum Gasteiger partial charge on any atom is 0.180 e. The summed E-state index contributed by atoms with van der Waals surface area (Å²) < 4.78 is 18.8. The van der Waals surface area contributed by atoms with E-state index in [1.807, 2.05) is 0 Å². The number of rotatable bonds is 3. The number of thiazole rings is 1. The number of aromatic nitrogens is 1. The maximum absolute atomic E-state index is 12.9. The summed E-state index contributed by atoms with van der Waals surface area (Å²) in [7, 11) is 0. The third-order valence-electron chi connectivity index (χ3n) is 1.84. The van der Waals surface area contributed by atoms with Gasteiger partial charge in [-0.1, -0.05) is 11.3 Å². The molecule has 0 amide bonds. The molecule has 2 rings (SSSR count). The van der Waals surface area contributed by atoms with E-state index < -0.39 is 0 Å². The first-order valence-corrected chi connectivity index (χ1v) is 6.04. The molecule has 0 aliphatic heterocycles. The summed E-state index contributed by atoms with van der Waals surface area (Å²) in [5, 5.41) is 0.513. The second kappa shape index (κ2) is 4.80. The fourth-order valence-corrected chi connectivity index (χ4v) is 2.07. The summed E-state index contributed by atoms with van der Waals surface area (Å²) in [4.78, 5) is 4.84. The summed E-state index contributed by atoms with van der Waals surface area (Å²) in [5.74, 6) is 0.287. The van der Waals surface area contributed by atoms with Crippen LogP contribution in [0.1, 0.15) is 4.88 Å². The molecule has 84 valence electrons. The van der Waals surface area contributed by atoms with Gasteiger partial charge in [0.05, 0.1) is 9.35 Å². The highest BCUT2D eigenvalue weighted by Crippen LogP contribution is 2.23. The highest BCUT2D eigenvalue weighted by molar-refractivity contribution is 9.10. The van der Waals surface area contributed by atoms with Crippen molar-refractivity contribution in [2.75, 3.05) is 5.73 Å². The van der Waals surface area contributed by atoms with Crippen LogP contribution in [0, 0.1) is 5.82 Å². The molecule has 0 bridgehead atoms. The maximum atomic E-state index is 12.9. The van der Waals surface area contributed by atoms with Crippen molar-refractivity contribution in [3.05, 3.63) is 39.6 Å². The fourth-order valence-electron chi connectivity index (χ4n) is 1.11. The van der Waals surface area contributed by atoms with Gasteiger partial charge in [0.15, 0.2) is 5.13 Å². The van der Waals surface area contributed by atoms with Gasteiger partial charge in [0.2, 0.25) is 0 Å². The normalized spacial score (nSPS) is 10.4. The van der Waals surface area contributed by atoms with Gasteiger partial charge in [-0.2, -0.15) is 0 Å². The minimum absolute atomic E-state index is 0.311. The average Bonchev–Trinajstić information content (AvgIpc) is 2.66. The molecule has 1 heterocycles. The number of nitrogens with zero attached hydrogens (tertiary/aromatic N) is 1. The monoisotopic (exact) mass is 302 g/mol. The lowest BCUT2D eigenvalue weighted by Crippen LogP contribution is -1.93. The van der Waals surface area contributed by atoms with Crippen LogP contribution in [0.15, 0.2) is 28.9 Å². The van der Waals surface area contributed by atoms with E-state index in [1.165, 1.54) is 17.4 Å². The number of ether oxygens (including phenoxy) is 1. The van der Waals surface area contributed by atoms with Crippen LogP contribution in [0.4, 0.5) is 9.52 Å². The van der Waals surface area contributed by atoms with Gasteiger partial charge in [-0.3, -0.25) is 0 Å². The van der Waals surface area contributed by atoms with Crippen molar-refractivity contribution >= 4 is 32.4 Å². The minimum atomic E-state index is -0.311. The van der Waals surface area contributed by atoms with Crippen molar-refractivity contribution in [3.8, 4) is 5.75 Å². The van der Waals surface area contributed by atoms with E-state index in [-0.39, 0.29) is 5.82 Å². The second-order valence-corrected chi connectivity index (χ2v) is 5.03. The van der Waals surface area contributed by atoms with Crippen molar-refractivity contribution < 1.29 is 9.13 Å². The molecule has 0 unspecified atom stereocenters. The smallest absolute Gasteiger partial charge is 0.180 e. The van der Waals surface area contributed by atoms with Gasteiger partial charge in [0.25, 0.3) is 0 Å². The van der Waals surface area contributed by atoms with Gasteiger partial charge < -0.3 is 10.5 Å². The van der Waals surface area contributed by atoms with E-state index >= 15 is 0 Å². The predicted molar refractivity (Wildman–Crippen MR) is 65.0 cm³/mol. The number of nitrogens with two attached hydrogens (primary N) is 1. The number of hydrogen-bond donors (Lipinski definition) is 1. The lowest BCUT2D eigenvalue weighted by atomic mass is 10.3. The molecule has 0 fully saturated rings. The second-order valence-electron chi connectivity index (χ2n) is 3.03. The Bertz CT molecular complexity index is 503. The van der Waals surface area contributed by atoms with Crippen LogP contribution in [-0.4, -0.2) is 4.98 Å². The number of benzene rings is 1. The van der Waals surface area contributed by atoms with Crippen LogP contribution in [0.3, 0.4) is 0 Å². The third-order valence-corrected chi connectivity index (χ3v) is 3.25. The van der Waals surface area contributed by atoms with Crippen LogP contribution < -0.4 is 10.5 Å². The quantitative estimate of drug-likeness (QED) is 0.947. The van der Waals surface area contributed by atoms with Gasteiger partial charge in [-0.15, -0.1) is 0 Å². The Morgan fingerprint density at radius 1 is 1.50 bits per heavy atom. The molecule has 0 spiro atoms. The summed E-state index contributed by atoms with van der Waals surface area (Å²) in [6, 6.07) is 4.50. The van der Waals surface area contributed by atoms with Gasteiger partial charge in [-0.05, 0) is 34.1 Å². The lowest BCUT2D eigenvalue weighted by molar-refractivity contribution is 0.309. The third kappa shape index (κ3) is 2.70. The average molecular weight is 303 g/mol. The lowest BCUT2D eigenvalue weighted by Gasteiger charge is -2.04. The molecular formula is C10H8BrFN2OS. The number of anilines is 1. The van der Waals surface area contributed by atoms with Gasteiger partial charge in [0.1, 0.15) is 18.2 Å². The van der Waals surface area contributed by atoms with Crippen LogP contribution in [0.2, 0.25) is 0 Å². The molecule has 0 saturated heterocycles. The Morgan fingerprint density at radius 2 is 2.31 bits per heavy atom. The standard InChI is InChI=1S/C10H8BrFN2OS/c11-8-3-6(1-2-9(8)12)15-5-7-4-14-10(13)16-7/h1-4H,5H2,(H2,13,14). The van der Waals surface area contributed by atoms with Crippen LogP contribution in [-0.2, 0) is 6.61 Å². The first-order chi connectivity index (χ1) is 7.65. The first kappa shape index (κ1) is 11.3. The topological polar surface area (TPSA) is 48.1 Å². The van der Waals surface area contributed by atoms with Crippen molar-refractivity contribution in [3.63, 3.8) is 0 Å². The van der Waals surface area contributed by atoms with Crippen molar-refractivity contribution in [2.45, 2.75) is 6.61 Å². The molecule has 2 N–H and O–H groups in total.